The average Bonchev–Trinajstić information content (AvgIpc) is 3.23. The first kappa shape index (κ1) is 15.8. The number of para-hydroxylation sites is 1. The zero-order valence-corrected chi connectivity index (χ0v) is 12.9. The molecule has 3 N–H and O–H groups in total. The predicted octanol–water partition coefficient (Wildman–Crippen LogP) is 1.07. The highest BCUT2D eigenvalue weighted by atomic mass is 32.2. The van der Waals surface area contributed by atoms with E-state index in [-0.39, 0.29) is 10.8 Å². The van der Waals surface area contributed by atoms with Crippen molar-refractivity contribution >= 4 is 21.6 Å². The molecule has 1 aliphatic rings. The maximum Gasteiger partial charge on any atom is 0.242 e. The van der Waals surface area contributed by atoms with Crippen molar-refractivity contribution in [1.29, 1.82) is 0 Å². The van der Waals surface area contributed by atoms with Crippen LogP contribution < -0.4 is 15.4 Å². The smallest absolute Gasteiger partial charge is 0.242 e. The summed E-state index contributed by atoms with van der Waals surface area (Å²) in [5, 5.41) is 5.92. The minimum absolute atomic E-state index is 0.00276. The van der Waals surface area contributed by atoms with Gasteiger partial charge in [0.2, 0.25) is 15.9 Å². The third kappa shape index (κ3) is 4.71. The SMILES string of the molecule is CCNS(=O)(=O)c1ccccc1NCCC(=O)NC1CC1. The van der Waals surface area contributed by atoms with E-state index in [1.165, 1.54) is 0 Å². The molecule has 0 saturated heterocycles. The molecule has 0 spiro atoms. The molecule has 0 radical (unpaired) electrons. The molecule has 0 aromatic heterocycles. The molecule has 0 bridgehead atoms. The third-order valence-electron chi connectivity index (χ3n) is 3.12. The summed E-state index contributed by atoms with van der Waals surface area (Å²) in [4.78, 5) is 11.8. The van der Waals surface area contributed by atoms with Crippen molar-refractivity contribution in [2.75, 3.05) is 18.4 Å². The van der Waals surface area contributed by atoms with Crippen LogP contribution in [0, 0.1) is 0 Å². The predicted molar refractivity (Wildman–Crippen MR) is 81.6 cm³/mol. The van der Waals surface area contributed by atoms with Crippen molar-refractivity contribution in [2.24, 2.45) is 0 Å². The Morgan fingerprint density at radius 3 is 2.67 bits per heavy atom. The molecule has 6 nitrogen and oxygen atoms in total. The van der Waals surface area contributed by atoms with Crippen molar-refractivity contribution in [3.05, 3.63) is 24.3 Å². The van der Waals surface area contributed by atoms with Crippen molar-refractivity contribution in [3.8, 4) is 0 Å². The molecule has 1 aromatic rings. The number of amides is 1. The Morgan fingerprint density at radius 2 is 2.00 bits per heavy atom. The van der Waals surface area contributed by atoms with Gasteiger partial charge >= 0.3 is 0 Å². The van der Waals surface area contributed by atoms with Gasteiger partial charge in [-0.05, 0) is 25.0 Å². The molecule has 2 rings (SSSR count). The van der Waals surface area contributed by atoms with E-state index in [1.54, 1.807) is 31.2 Å². The van der Waals surface area contributed by atoms with Crippen LogP contribution in [-0.4, -0.2) is 33.5 Å². The number of anilines is 1. The molecule has 0 heterocycles. The Balaban J connectivity index is 1.94. The van der Waals surface area contributed by atoms with Crippen LogP contribution in [0.2, 0.25) is 0 Å². The van der Waals surface area contributed by atoms with Crippen molar-refractivity contribution < 1.29 is 13.2 Å². The molecular weight excluding hydrogens is 290 g/mol. The molecule has 1 fully saturated rings. The van der Waals surface area contributed by atoms with E-state index in [2.05, 4.69) is 15.4 Å². The van der Waals surface area contributed by atoms with Gasteiger partial charge in [-0.2, -0.15) is 0 Å². The van der Waals surface area contributed by atoms with Crippen molar-refractivity contribution in [1.82, 2.24) is 10.0 Å². The second-order valence-corrected chi connectivity index (χ2v) is 6.75. The molecule has 0 unspecified atom stereocenters. The molecule has 1 saturated carbocycles. The van der Waals surface area contributed by atoms with Gasteiger partial charge in [-0.1, -0.05) is 19.1 Å². The first-order chi connectivity index (χ1) is 10.0. The Hall–Kier alpha value is -1.60. The lowest BCUT2D eigenvalue weighted by Crippen LogP contribution is -2.27. The van der Waals surface area contributed by atoms with E-state index in [0.717, 1.165) is 12.8 Å². The van der Waals surface area contributed by atoms with Gasteiger partial charge < -0.3 is 10.6 Å². The van der Waals surface area contributed by atoms with E-state index in [9.17, 15) is 13.2 Å². The number of carbonyl (C=O) groups excluding carboxylic acids is 1. The molecule has 7 heteroatoms. The molecule has 1 aliphatic carbocycles. The minimum Gasteiger partial charge on any atom is -0.383 e. The quantitative estimate of drug-likeness (QED) is 0.670. The van der Waals surface area contributed by atoms with Gasteiger partial charge in [0, 0.05) is 25.6 Å². The Kier molecular flexibility index (Phi) is 5.19. The summed E-state index contributed by atoms with van der Waals surface area (Å²) >= 11 is 0. The van der Waals surface area contributed by atoms with Gasteiger partial charge in [-0.3, -0.25) is 4.79 Å². The second kappa shape index (κ2) is 6.91. The van der Waals surface area contributed by atoms with E-state index < -0.39 is 10.0 Å². The maximum atomic E-state index is 12.1. The lowest BCUT2D eigenvalue weighted by atomic mass is 10.3. The molecule has 0 aliphatic heterocycles. The van der Waals surface area contributed by atoms with Gasteiger partial charge in [0.1, 0.15) is 4.90 Å². The van der Waals surface area contributed by atoms with Crippen LogP contribution in [0.1, 0.15) is 26.2 Å². The Bertz CT molecular complexity index is 597. The van der Waals surface area contributed by atoms with E-state index in [0.29, 0.717) is 31.2 Å². The Morgan fingerprint density at radius 1 is 1.29 bits per heavy atom. The topological polar surface area (TPSA) is 87.3 Å². The van der Waals surface area contributed by atoms with Gasteiger partial charge in [-0.25, -0.2) is 13.1 Å². The standard InChI is InChI=1S/C14H21N3O3S/c1-2-16-21(19,20)13-6-4-3-5-12(13)15-10-9-14(18)17-11-7-8-11/h3-6,11,15-16H,2,7-10H2,1H3,(H,17,18). The fourth-order valence-corrected chi connectivity index (χ4v) is 3.18. The number of hydrogen-bond donors (Lipinski definition) is 3. The number of benzene rings is 1. The highest BCUT2D eigenvalue weighted by Gasteiger charge is 2.23. The summed E-state index contributed by atoms with van der Waals surface area (Å²) in [6, 6.07) is 7.03. The molecule has 0 atom stereocenters. The summed E-state index contributed by atoms with van der Waals surface area (Å²) in [5.74, 6) is -0.00276. The van der Waals surface area contributed by atoms with Gasteiger partial charge in [0.05, 0.1) is 5.69 Å². The first-order valence-electron chi connectivity index (χ1n) is 7.15. The fourth-order valence-electron chi connectivity index (χ4n) is 1.95. The largest absolute Gasteiger partial charge is 0.383 e. The summed E-state index contributed by atoms with van der Waals surface area (Å²) in [6.45, 7) is 2.47. The molecule has 1 aromatic carbocycles. The van der Waals surface area contributed by atoms with Crippen LogP contribution >= 0.6 is 0 Å². The van der Waals surface area contributed by atoms with Gasteiger partial charge in [-0.15, -0.1) is 0 Å². The molecule has 21 heavy (non-hydrogen) atoms. The van der Waals surface area contributed by atoms with Crippen LogP contribution in [0.3, 0.4) is 0 Å². The first-order valence-corrected chi connectivity index (χ1v) is 8.63. The molecular formula is C14H21N3O3S. The lowest BCUT2D eigenvalue weighted by Gasteiger charge is -2.12. The van der Waals surface area contributed by atoms with E-state index in [4.69, 9.17) is 0 Å². The number of sulfonamides is 1. The monoisotopic (exact) mass is 311 g/mol. The van der Waals surface area contributed by atoms with Gasteiger partial charge in [0.15, 0.2) is 0 Å². The summed E-state index contributed by atoms with van der Waals surface area (Å²) in [7, 11) is -3.51. The van der Waals surface area contributed by atoms with Crippen molar-refractivity contribution in [2.45, 2.75) is 37.1 Å². The van der Waals surface area contributed by atoms with Crippen LogP contribution in [0.15, 0.2) is 29.2 Å². The highest BCUT2D eigenvalue weighted by Crippen LogP contribution is 2.21. The molecule has 1 amide bonds. The van der Waals surface area contributed by atoms with Crippen LogP contribution in [0.5, 0.6) is 0 Å². The normalized spacial score (nSPS) is 14.7. The lowest BCUT2D eigenvalue weighted by molar-refractivity contribution is -0.120. The second-order valence-electron chi connectivity index (χ2n) is 5.02. The molecule has 116 valence electrons. The number of rotatable bonds is 8. The van der Waals surface area contributed by atoms with E-state index in [1.807, 2.05) is 0 Å². The van der Waals surface area contributed by atoms with Crippen molar-refractivity contribution in [3.63, 3.8) is 0 Å². The average molecular weight is 311 g/mol. The highest BCUT2D eigenvalue weighted by molar-refractivity contribution is 7.89. The van der Waals surface area contributed by atoms with Crippen LogP contribution in [0.4, 0.5) is 5.69 Å². The van der Waals surface area contributed by atoms with E-state index >= 15 is 0 Å². The number of carbonyl (C=O) groups is 1. The van der Waals surface area contributed by atoms with Gasteiger partial charge in [0.25, 0.3) is 0 Å². The van der Waals surface area contributed by atoms with Crippen LogP contribution in [-0.2, 0) is 14.8 Å². The third-order valence-corrected chi connectivity index (χ3v) is 4.72. The number of hydrogen-bond acceptors (Lipinski definition) is 4. The maximum absolute atomic E-state index is 12.1. The fraction of sp³-hybridized carbons (Fsp3) is 0.500. The summed E-state index contributed by atoms with van der Waals surface area (Å²) in [5.41, 5.74) is 0.512. The zero-order valence-electron chi connectivity index (χ0n) is 12.1. The summed E-state index contributed by atoms with van der Waals surface area (Å²) < 4.78 is 26.6. The number of nitrogens with one attached hydrogen (secondary N) is 3. The zero-order chi connectivity index (χ0) is 15.3. The van der Waals surface area contributed by atoms with Crippen LogP contribution in [0.25, 0.3) is 0 Å². The Labute approximate surface area is 125 Å². The summed E-state index contributed by atoms with van der Waals surface area (Å²) in [6.07, 6.45) is 2.44. The minimum atomic E-state index is -3.51.